The first kappa shape index (κ1) is 14.3. The van der Waals surface area contributed by atoms with Crippen LogP contribution in [0.4, 0.5) is 0 Å². The van der Waals surface area contributed by atoms with E-state index in [4.69, 9.17) is 33.4 Å². The fourth-order valence-corrected chi connectivity index (χ4v) is 2.36. The molecule has 0 spiro atoms. The lowest BCUT2D eigenvalue weighted by Gasteiger charge is -2.03. The highest BCUT2D eigenvalue weighted by Crippen LogP contribution is 2.24. The predicted molar refractivity (Wildman–Crippen MR) is 81.8 cm³/mol. The molecule has 0 fully saturated rings. The summed E-state index contributed by atoms with van der Waals surface area (Å²) >= 11 is 13.2. The number of halogens is 2. The van der Waals surface area contributed by atoms with Gasteiger partial charge in [0.25, 0.3) is 0 Å². The van der Waals surface area contributed by atoms with Gasteiger partial charge in [-0.1, -0.05) is 41.0 Å². The summed E-state index contributed by atoms with van der Waals surface area (Å²) in [6.07, 6.45) is 1.61. The van der Waals surface area contributed by atoms with Crippen molar-refractivity contribution in [2.75, 3.05) is 0 Å². The maximum Gasteiger partial charge on any atom is 0.154 e. The van der Waals surface area contributed by atoms with Crippen LogP contribution in [0.2, 0.25) is 10.0 Å². The third kappa shape index (κ3) is 4.49. The van der Waals surface area contributed by atoms with Gasteiger partial charge < -0.3 is 10.2 Å². The summed E-state index contributed by atoms with van der Waals surface area (Å²) in [6, 6.07) is 9.21. The van der Waals surface area contributed by atoms with Crippen molar-refractivity contribution in [1.82, 2.24) is 0 Å². The zero-order valence-electron chi connectivity index (χ0n) is 9.98. The summed E-state index contributed by atoms with van der Waals surface area (Å²) in [5.41, 5.74) is 6.87. The molecule has 100 valence electrons. The first-order chi connectivity index (χ1) is 9.15. The summed E-state index contributed by atoms with van der Waals surface area (Å²) in [5, 5.41) is 1.61. The fraction of sp³-hybridized carbons (Fsp3) is 0.154. The molecule has 2 aromatic rings. The fourth-order valence-electron chi connectivity index (χ4n) is 1.39. The molecular weight excluding hydrogens is 303 g/mol. The van der Waals surface area contributed by atoms with Crippen LogP contribution in [0.25, 0.3) is 0 Å². The van der Waals surface area contributed by atoms with Crippen LogP contribution in [0.5, 0.6) is 0 Å². The maximum absolute atomic E-state index is 5.94. The Bertz CT molecular complexity index is 570. The SMILES string of the molecule is NC(=NCc1ccco1)SCc1ccc(Cl)c(Cl)c1. The van der Waals surface area contributed by atoms with Crippen LogP contribution < -0.4 is 5.73 Å². The Balaban J connectivity index is 1.87. The minimum absolute atomic E-state index is 0.452. The summed E-state index contributed by atoms with van der Waals surface area (Å²) in [4.78, 5) is 4.23. The molecule has 0 amide bonds. The molecule has 0 unspecified atom stereocenters. The Morgan fingerprint density at radius 2 is 2.11 bits per heavy atom. The summed E-state index contributed by atoms with van der Waals surface area (Å²) in [7, 11) is 0. The van der Waals surface area contributed by atoms with E-state index in [0.29, 0.717) is 27.5 Å². The summed E-state index contributed by atoms with van der Waals surface area (Å²) in [6.45, 7) is 0.452. The van der Waals surface area contributed by atoms with Gasteiger partial charge in [0.15, 0.2) is 5.17 Å². The van der Waals surface area contributed by atoms with Crippen molar-refractivity contribution < 1.29 is 4.42 Å². The molecule has 2 rings (SSSR count). The molecular formula is C13H12Cl2N2OS. The van der Waals surface area contributed by atoms with Crippen LogP contribution in [-0.4, -0.2) is 5.17 Å². The van der Waals surface area contributed by atoms with E-state index < -0.39 is 0 Å². The highest BCUT2D eigenvalue weighted by Gasteiger charge is 2.02. The minimum atomic E-state index is 0.452. The van der Waals surface area contributed by atoms with Gasteiger partial charge in [0, 0.05) is 5.75 Å². The number of thioether (sulfide) groups is 1. The van der Waals surface area contributed by atoms with Crippen molar-refractivity contribution >= 4 is 40.1 Å². The standard InChI is InChI=1S/C13H12Cl2N2OS/c14-11-4-3-9(6-12(11)15)8-19-13(16)17-7-10-2-1-5-18-10/h1-6H,7-8H2,(H2,16,17). The van der Waals surface area contributed by atoms with E-state index in [-0.39, 0.29) is 0 Å². The van der Waals surface area contributed by atoms with Crippen molar-refractivity contribution in [2.24, 2.45) is 10.7 Å². The molecule has 3 nitrogen and oxygen atoms in total. The van der Waals surface area contributed by atoms with E-state index in [1.54, 1.807) is 12.3 Å². The number of amidine groups is 1. The topological polar surface area (TPSA) is 51.5 Å². The lowest BCUT2D eigenvalue weighted by Crippen LogP contribution is -2.07. The number of furan rings is 1. The highest BCUT2D eigenvalue weighted by atomic mass is 35.5. The lowest BCUT2D eigenvalue weighted by atomic mass is 10.2. The first-order valence-electron chi connectivity index (χ1n) is 5.54. The maximum atomic E-state index is 5.94. The molecule has 0 aliphatic rings. The van der Waals surface area contributed by atoms with E-state index in [1.807, 2.05) is 24.3 Å². The Morgan fingerprint density at radius 1 is 1.26 bits per heavy atom. The molecule has 0 aliphatic heterocycles. The zero-order chi connectivity index (χ0) is 13.7. The second kappa shape index (κ2) is 6.89. The van der Waals surface area contributed by atoms with Gasteiger partial charge in [-0.05, 0) is 29.8 Å². The predicted octanol–water partition coefficient (Wildman–Crippen LogP) is 4.33. The number of rotatable bonds is 4. The van der Waals surface area contributed by atoms with Crippen molar-refractivity contribution in [3.05, 3.63) is 58.0 Å². The lowest BCUT2D eigenvalue weighted by molar-refractivity contribution is 0.513. The summed E-state index contributed by atoms with van der Waals surface area (Å²) < 4.78 is 5.17. The van der Waals surface area contributed by atoms with E-state index in [9.17, 15) is 0 Å². The van der Waals surface area contributed by atoms with Crippen LogP contribution >= 0.6 is 35.0 Å². The van der Waals surface area contributed by atoms with Gasteiger partial charge in [-0.25, -0.2) is 0 Å². The van der Waals surface area contributed by atoms with E-state index in [1.165, 1.54) is 11.8 Å². The molecule has 2 N–H and O–H groups in total. The molecule has 6 heteroatoms. The van der Waals surface area contributed by atoms with E-state index in [0.717, 1.165) is 11.3 Å². The normalized spacial score (nSPS) is 11.8. The molecule has 0 saturated heterocycles. The van der Waals surface area contributed by atoms with E-state index in [2.05, 4.69) is 4.99 Å². The zero-order valence-corrected chi connectivity index (χ0v) is 12.3. The van der Waals surface area contributed by atoms with Crippen LogP contribution in [0, 0.1) is 0 Å². The van der Waals surface area contributed by atoms with Gasteiger partial charge in [0.2, 0.25) is 0 Å². The van der Waals surface area contributed by atoms with Crippen LogP contribution in [0.15, 0.2) is 46.0 Å². The van der Waals surface area contributed by atoms with Crippen molar-refractivity contribution in [2.45, 2.75) is 12.3 Å². The van der Waals surface area contributed by atoms with Crippen molar-refractivity contribution in [3.63, 3.8) is 0 Å². The van der Waals surface area contributed by atoms with Crippen LogP contribution in [0.1, 0.15) is 11.3 Å². The van der Waals surface area contributed by atoms with Gasteiger partial charge in [-0.2, -0.15) is 0 Å². The highest BCUT2D eigenvalue weighted by molar-refractivity contribution is 8.13. The van der Waals surface area contributed by atoms with Crippen LogP contribution in [0.3, 0.4) is 0 Å². The number of hydrogen-bond acceptors (Lipinski definition) is 3. The smallest absolute Gasteiger partial charge is 0.154 e. The Hall–Kier alpha value is -1.10. The number of nitrogens with two attached hydrogens (primary N) is 1. The largest absolute Gasteiger partial charge is 0.467 e. The number of hydrogen-bond donors (Lipinski definition) is 1. The average molecular weight is 315 g/mol. The molecule has 0 atom stereocenters. The van der Waals surface area contributed by atoms with Gasteiger partial charge >= 0.3 is 0 Å². The number of benzene rings is 1. The molecule has 1 heterocycles. The second-order valence-corrected chi connectivity index (χ2v) is 5.58. The second-order valence-electron chi connectivity index (χ2n) is 3.77. The summed E-state index contributed by atoms with van der Waals surface area (Å²) in [5.74, 6) is 1.49. The molecule has 0 bridgehead atoms. The Morgan fingerprint density at radius 3 is 2.79 bits per heavy atom. The molecule has 0 aliphatic carbocycles. The Kier molecular flexibility index (Phi) is 5.19. The number of nitrogens with zero attached hydrogens (tertiary/aromatic N) is 1. The number of aliphatic imine (C=N–C) groups is 1. The third-order valence-electron chi connectivity index (χ3n) is 2.34. The molecule has 0 radical (unpaired) electrons. The Labute approximate surface area is 125 Å². The third-order valence-corrected chi connectivity index (χ3v) is 3.98. The molecule has 1 aromatic heterocycles. The van der Waals surface area contributed by atoms with Gasteiger partial charge in [-0.15, -0.1) is 0 Å². The molecule has 19 heavy (non-hydrogen) atoms. The van der Waals surface area contributed by atoms with Crippen molar-refractivity contribution in [3.8, 4) is 0 Å². The monoisotopic (exact) mass is 314 g/mol. The quantitative estimate of drug-likeness (QED) is 0.675. The van der Waals surface area contributed by atoms with E-state index >= 15 is 0 Å². The molecule has 0 saturated carbocycles. The minimum Gasteiger partial charge on any atom is -0.467 e. The van der Waals surface area contributed by atoms with Gasteiger partial charge in [-0.3, -0.25) is 4.99 Å². The van der Waals surface area contributed by atoms with Gasteiger partial charge in [0.1, 0.15) is 5.76 Å². The first-order valence-corrected chi connectivity index (χ1v) is 7.28. The van der Waals surface area contributed by atoms with Crippen LogP contribution in [-0.2, 0) is 12.3 Å². The average Bonchev–Trinajstić information content (AvgIpc) is 2.91. The molecule has 1 aromatic carbocycles. The van der Waals surface area contributed by atoms with Crippen molar-refractivity contribution in [1.29, 1.82) is 0 Å². The van der Waals surface area contributed by atoms with Gasteiger partial charge in [0.05, 0.1) is 22.9 Å².